The average molecular weight is 416 g/mol. The maximum Gasteiger partial charge on any atom is 0.252 e. The number of benzene rings is 1. The zero-order valence-electron chi connectivity index (χ0n) is 15.3. The maximum atomic E-state index is 13.3. The van der Waals surface area contributed by atoms with E-state index in [0.717, 1.165) is 29.7 Å². The Morgan fingerprint density at radius 3 is 2.75 bits per heavy atom. The number of anilines is 1. The molecule has 2 aliphatic heterocycles. The molecular formula is C20H21N3O3S2. The van der Waals surface area contributed by atoms with Crippen LogP contribution in [0.5, 0.6) is 0 Å². The first-order valence-electron chi connectivity index (χ1n) is 9.49. The van der Waals surface area contributed by atoms with Crippen LogP contribution < -0.4 is 4.90 Å². The number of aromatic nitrogens is 1. The van der Waals surface area contributed by atoms with Gasteiger partial charge in [-0.3, -0.25) is 9.69 Å². The maximum absolute atomic E-state index is 13.3. The molecule has 3 aromatic rings. The normalized spacial score (nSPS) is 20.6. The molecule has 1 amide bonds. The fraction of sp³-hybridized carbons (Fsp3) is 0.350. The topological polar surface area (TPSA) is 62.6 Å². The average Bonchev–Trinajstić information content (AvgIpc) is 3.44. The molecule has 8 heteroatoms. The van der Waals surface area contributed by atoms with Crippen LogP contribution in [0, 0.1) is 5.92 Å². The Labute approximate surface area is 168 Å². The third-order valence-corrected chi connectivity index (χ3v) is 8.94. The third-order valence-electron chi connectivity index (χ3n) is 5.70. The zero-order chi connectivity index (χ0) is 19.3. The van der Waals surface area contributed by atoms with Crippen molar-refractivity contribution in [3.63, 3.8) is 0 Å². The van der Waals surface area contributed by atoms with Gasteiger partial charge < -0.3 is 4.57 Å². The molecule has 28 heavy (non-hydrogen) atoms. The van der Waals surface area contributed by atoms with Gasteiger partial charge in [0, 0.05) is 37.1 Å². The predicted molar refractivity (Wildman–Crippen MR) is 110 cm³/mol. The van der Waals surface area contributed by atoms with Gasteiger partial charge in [-0.05, 0) is 36.4 Å². The Kier molecular flexibility index (Phi) is 4.30. The van der Waals surface area contributed by atoms with Crippen molar-refractivity contribution in [3.05, 3.63) is 47.8 Å². The Morgan fingerprint density at radius 1 is 1.07 bits per heavy atom. The number of hydrogen-bond acceptors (Lipinski definition) is 4. The first-order valence-corrected chi connectivity index (χ1v) is 11.8. The third kappa shape index (κ3) is 2.78. The fourth-order valence-electron chi connectivity index (χ4n) is 4.31. The number of hydrogen-bond donors (Lipinski definition) is 0. The number of piperidine rings is 1. The van der Waals surface area contributed by atoms with E-state index in [1.807, 2.05) is 17.0 Å². The number of nitrogens with zero attached hydrogens (tertiary/aromatic N) is 3. The molecule has 1 fully saturated rings. The number of para-hydroxylation sites is 1. The SMILES string of the molecule is O=C(C1CCCN(S(=O)(=O)c2cccs2)C1)N1CCn2c1cc1ccccc12. The molecule has 0 bridgehead atoms. The molecular weight excluding hydrogens is 394 g/mol. The quantitative estimate of drug-likeness (QED) is 0.660. The number of thiophene rings is 1. The van der Waals surface area contributed by atoms with Crippen LogP contribution in [-0.2, 0) is 21.4 Å². The van der Waals surface area contributed by atoms with Gasteiger partial charge in [0.1, 0.15) is 10.0 Å². The lowest BCUT2D eigenvalue weighted by molar-refractivity contribution is -0.123. The molecule has 1 unspecified atom stereocenters. The second-order valence-corrected chi connectivity index (χ2v) is 10.4. The van der Waals surface area contributed by atoms with Crippen molar-refractivity contribution in [1.82, 2.24) is 8.87 Å². The van der Waals surface area contributed by atoms with Gasteiger partial charge >= 0.3 is 0 Å². The molecule has 4 heterocycles. The van der Waals surface area contributed by atoms with Gasteiger partial charge in [0.05, 0.1) is 5.92 Å². The Balaban J connectivity index is 1.40. The highest BCUT2D eigenvalue weighted by Crippen LogP contribution is 2.33. The summed E-state index contributed by atoms with van der Waals surface area (Å²) in [5, 5.41) is 2.89. The van der Waals surface area contributed by atoms with Crippen molar-refractivity contribution >= 4 is 44.0 Å². The molecule has 1 saturated heterocycles. The highest BCUT2D eigenvalue weighted by molar-refractivity contribution is 7.91. The molecule has 6 nitrogen and oxygen atoms in total. The van der Waals surface area contributed by atoms with Crippen molar-refractivity contribution < 1.29 is 13.2 Å². The van der Waals surface area contributed by atoms with Crippen LogP contribution in [0.2, 0.25) is 0 Å². The van der Waals surface area contributed by atoms with Crippen molar-refractivity contribution in [1.29, 1.82) is 0 Å². The molecule has 0 N–H and O–H groups in total. The molecule has 2 aliphatic rings. The number of sulfonamides is 1. The lowest BCUT2D eigenvalue weighted by Gasteiger charge is -2.32. The molecule has 0 saturated carbocycles. The zero-order valence-corrected chi connectivity index (χ0v) is 17.0. The van der Waals surface area contributed by atoms with E-state index in [4.69, 9.17) is 0 Å². The minimum absolute atomic E-state index is 0.0348. The first-order chi connectivity index (χ1) is 13.6. The van der Waals surface area contributed by atoms with E-state index in [9.17, 15) is 13.2 Å². The minimum atomic E-state index is -3.51. The molecule has 1 atom stereocenters. The molecule has 0 spiro atoms. The first kappa shape index (κ1) is 17.9. The minimum Gasteiger partial charge on any atom is -0.325 e. The van der Waals surface area contributed by atoms with Gasteiger partial charge in [0.2, 0.25) is 5.91 Å². The predicted octanol–water partition coefficient (Wildman–Crippen LogP) is 3.15. The highest BCUT2D eigenvalue weighted by atomic mass is 32.2. The summed E-state index contributed by atoms with van der Waals surface area (Å²) in [7, 11) is -3.51. The van der Waals surface area contributed by atoms with Gasteiger partial charge in [-0.25, -0.2) is 8.42 Å². The Bertz CT molecular complexity index is 1130. The van der Waals surface area contributed by atoms with Crippen molar-refractivity contribution in [2.75, 3.05) is 24.5 Å². The van der Waals surface area contributed by atoms with Gasteiger partial charge in [-0.1, -0.05) is 24.3 Å². The number of carbonyl (C=O) groups is 1. The van der Waals surface area contributed by atoms with E-state index < -0.39 is 10.0 Å². The van der Waals surface area contributed by atoms with Gasteiger partial charge in [-0.2, -0.15) is 4.31 Å². The number of carbonyl (C=O) groups excluding carboxylic acids is 1. The van der Waals surface area contributed by atoms with Crippen molar-refractivity contribution in [2.24, 2.45) is 5.92 Å². The van der Waals surface area contributed by atoms with Gasteiger partial charge in [-0.15, -0.1) is 11.3 Å². The molecule has 5 rings (SSSR count). The fourth-order valence-corrected chi connectivity index (χ4v) is 6.98. The summed E-state index contributed by atoms with van der Waals surface area (Å²) in [6, 6.07) is 13.6. The van der Waals surface area contributed by atoms with Crippen LogP contribution in [0.4, 0.5) is 5.82 Å². The molecule has 0 radical (unpaired) electrons. The van der Waals surface area contributed by atoms with E-state index in [-0.39, 0.29) is 18.4 Å². The Morgan fingerprint density at radius 2 is 1.93 bits per heavy atom. The van der Waals surface area contributed by atoms with Crippen LogP contribution in [0.15, 0.2) is 52.1 Å². The van der Waals surface area contributed by atoms with E-state index in [0.29, 0.717) is 23.7 Å². The number of rotatable bonds is 3. The molecule has 0 aliphatic carbocycles. The number of amides is 1. The van der Waals surface area contributed by atoms with E-state index in [1.54, 1.807) is 17.5 Å². The van der Waals surface area contributed by atoms with Crippen LogP contribution in [-0.4, -0.2) is 42.8 Å². The Hall–Kier alpha value is -2.16. The largest absolute Gasteiger partial charge is 0.325 e. The van der Waals surface area contributed by atoms with Crippen molar-refractivity contribution in [3.8, 4) is 0 Å². The summed E-state index contributed by atoms with van der Waals surface area (Å²) in [4.78, 5) is 15.1. The summed E-state index contributed by atoms with van der Waals surface area (Å²) in [6.07, 6.45) is 1.43. The van der Waals surface area contributed by atoms with Crippen LogP contribution in [0.3, 0.4) is 0 Å². The lowest BCUT2D eigenvalue weighted by atomic mass is 9.98. The molecule has 146 valence electrons. The van der Waals surface area contributed by atoms with Crippen LogP contribution in [0.25, 0.3) is 10.9 Å². The summed E-state index contributed by atoms with van der Waals surface area (Å²) in [5.41, 5.74) is 1.14. The second-order valence-electron chi connectivity index (χ2n) is 7.34. The van der Waals surface area contributed by atoms with Crippen molar-refractivity contribution in [2.45, 2.75) is 23.6 Å². The van der Waals surface area contributed by atoms with E-state index in [2.05, 4.69) is 22.8 Å². The van der Waals surface area contributed by atoms with Gasteiger partial charge in [0.25, 0.3) is 10.0 Å². The molecule has 2 aromatic heterocycles. The van der Waals surface area contributed by atoms with Crippen LogP contribution >= 0.6 is 11.3 Å². The lowest BCUT2D eigenvalue weighted by Crippen LogP contribution is -2.46. The standard InChI is InChI=1S/C20H21N3O3S2/c24-20(23-11-10-22-17-7-2-1-5-15(17)13-18(22)23)16-6-3-9-21(14-16)28(25,26)19-8-4-12-27-19/h1-2,4-5,7-8,12-13,16H,3,6,9-11,14H2. The van der Waals surface area contributed by atoms with Gasteiger partial charge in [0.15, 0.2) is 0 Å². The summed E-state index contributed by atoms with van der Waals surface area (Å²) >= 11 is 1.22. The van der Waals surface area contributed by atoms with E-state index >= 15 is 0 Å². The molecule has 1 aromatic carbocycles. The smallest absolute Gasteiger partial charge is 0.252 e. The summed E-state index contributed by atoms with van der Waals surface area (Å²) < 4.78 is 29.7. The monoisotopic (exact) mass is 415 g/mol. The summed E-state index contributed by atoms with van der Waals surface area (Å²) in [5.74, 6) is 0.658. The number of fused-ring (bicyclic) bond motifs is 3. The van der Waals surface area contributed by atoms with Crippen LogP contribution in [0.1, 0.15) is 12.8 Å². The second kappa shape index (κ2) is 6.72. The summed E-state index contributed by atoms with van der Waals surface area (Å²) in [6.45, 7) is 2.16. The highest BCUT2D eigenvalue weighted by Gasteiger charge is 2.37. The van der Waals surface area contributed by atoms with E-state index in [1.165, 1.54) is 15.6 Å².